The summed E-state index contributed by atoms with van der Waals surface area (Å²) in [5.74, 6) is -3.85. The summed E-state index contributed by atoms with van der Waals surface area (Å²) in [6, 6.07) is 6.06. The van der Waals surface area contributed by atoms with Crippen LogP contribution >= 0.6 is 0 Å². The molecular formula is C23H30F3N3O3. The molecule has 176 valence electrons. The van der Waals surface area contributed by atoms with Crippen molar-refractivity contribution in [2.75, 3.05) is 25.0 Å². The highest BCUT2D eigenvalue weighted by Crippen LogP contribution is 2.31. The van der Waals surface area contributed by atoms with E-state index >= 15 is 0 Å². The minimum atomic E-state index is -1.32. The van der Waals surface area contributed by atoms with Crippen LogP contribution in [0.2, 0.25) is 0 Å². The molecular weight excluding hydrogens is 423 g/mol. The summed E-state index contributed by atoms with van der Waals surface area (Å²) in [7, 11) is 0. The maximum absolute atomic E-state index is 14.4. The number of hydrogen-bond acceptors (Lipinski definition) is 4. The zero-order valence-corrected chi connectivity index (χ0v) is 18.9. The Labute approximate surface area is 186 Å². The number of likely N-dealkylation sites (tertiary alicyclic amines) is 1. The molecule has 1 aliphatic rings. The number of β-amino-alcohol motifs (C(OH)–C–C–N with tert-alkyl or cyclic N) is 1. The number of halogens is 3. The number of carbonyl (C=O) groups excluding carboxylic acids is 2. The van der Waals surface area contributed by atoms with Crippen molar-refractivity contribution < 1.29 is 27.9 Å². The Morgan fingerprint density at radius 2 is 1.72 bits per heavy atom. The van der Waals surface area contributed by atoms with Gasteiger partial charge in [-0.25, -0.2) is 13.2 Å². The molecule has 3 N–H and O–H groups in total. The van der Waals surface area contributed by atoms with Gasteiger partial charge in [-0.05, 0) is 36.8 Å². The lowest BCUT2D eigenvalue weighted by molar-refractivity contribution is -0.114. The van der Waals surface area contributed by atoms with Gasteiger partial charge in [0.1, 0.15) is 11.4 Å². The first-order chi connectivity index (χ1) is 15.2. The van der Waals surface area contributed by atoms with E-state index in [0.29, 0.717) is 12.0 Å². The molecule has 0 radical (unpaired) electrons. The van der Waals surface area contributed by atoms with Gasteiger partial charge in [0.05, 0.1) is 30.0 Å². The van der Waals surface area contributed by atoms with E-state index in [-0.39, 0.29) is 30.9 Å². The lowest BCUT2D eigenvalue weighted by Crippen LogP contribution is -2.67. The first-order valence-electron chi connectivity index (χ1n) is 10.4. The quantitative estimate of drug-likeness (QED) is 0.575. The third-order valence-electron chi connectivity index (χ3n) is 4.48. The van der Waals surface area contributed by atoms with Gasteiger partial charge >= 0.3 is 0 Å². The van der Waals surface area contributed by atoms with Gasteiger partial charge in [0.15, 0.2) is 11.6 Å². The van der Waals surface area contributed by atoms with E-state index in [1.807, 2.05) is 27.7 Å². The number of rotatable bonds is 6. The van der Waals surface area contributed by atoms with Crippen LogP contribution in [0.4, 0.5) is 24.5 Å². The summed E-state index contributed by atoms with van der Waals surface area (Å²) in [6.07, 6.45) is 0.427. The Kier molecular flexibility index (Phi) is 10.2. The van der Waals surface area contributed by atoms with E-state index in [9.17, 15) is 27.9 Å². The Morgan fingerprint density at radius 1 is 1.09 bits per heavy atom. The van der Waals surface area contributed by atoms with Crippen molar-refractivity contribution in [2.24, 2.45) is 0 Å². The van der Waals surface area contributed by atoms with Crippen LogP contribution in [0.3, 0.4) is 0 Å². The molecule has 1 heterocycles. The lowest BCUT2D eigenvalue weighted by atomic mass is 9.93. The molecule has 0 unspecified atom stereocenters. The van der Waals surface area contributed by atoms with Crippen molar-refractivity contribution in [1.29, 1.82) is 0 Å². The monoisotopic (exact) mass is 453 g/mol. The van der Waals surface area contributed by atoms with Crippen molar-refractivity contribution in [3.8, 4) is 0 Å². The number of carbonyl (C=O) groups is 2. The molecule has 2 aromatic rings. The summed E-state index contributed by atoms with van der Waals surface area (Å²) < 4.78 is 42.2. The second kappa shape index (κ2) is 12.1. The average Bonchev–Trinajstić information content (AvgIpc) is 2.77. The summed E-state index contributed by atoms with van der Waals surface area (Å²) in [5, 5.41) is 14.9. The molecule has 0 atom stereocenters. The maximum atomic E-state index is 14.4. The number of nitrogens with one attached hydrogen (secondary N) is 2. The molecule has 0 aromatic heterocycles. The van der Waals surface area contributed by atoms with E-state index in [1.165, 1.54) is 17.0 Å². The van der Waals surface area contributed by atoms with Crippen LogP contribution in [-0.2, 0) is 4.79 Å². The standard InChI is InChI=1S/C19H18F3N3O3.2C2H6/c1-11-2-5-15(14(21)6-11)24-17-12(3-4-13(20)16(17)22)18(27)25-8-19(28,9-25)7-23-10-26;2*1-2/h2-6,10,24,28H,7-9H2,1H3,(H,23,26);2*1-2H3. The van der Waals surface area contributed by atoms with Crippen molar-refractivity contribution >= 4 is 23.7 Å². The van der Waals surface area contributed by atoms with Crippen molar-refractivity contribution in [2.45, 2.75) is 40.2 Å². The van der Waals surface area contributed by atoms with Crippen molar-refractivity contribution in [1.82, 2.24) is 10.2 Å². The minimum absolute atomic E-state index is 0.0439. The van der Waals surface area contributed by atoms with Crippen molar-refractivity contribution in [3.63, 3.8) is 0 Å². The Morgan fingerprint density at radius 3 is 2.28 bits per heavy atom. The fourth-order valence-electron chi connectivity index (χ4n) is 3.03. The third-order valence-corrected chi connectivity index (χ3v) is 4.48. The van der Waals surface area contributed by atoms with Gasteiger partial charge in [-0.15, -0.1) is 0 Å². The number of aryl methyl sites for hydroxylation is 1. The minimum Gasteiger partial charge on any atom is -0.384 e. The molecule has 0 spiro atoms. The molecule has 1 aliphatic heterocycles. The first kappa shape index (κ1) is 27.0. The number of hydrogen-bond donors (Lipinski definition) is 3. The third kappa shape index (κ3) is 6.23. The van der Waals surface area contributed by atoms with Gasteiger partial charge in [-0.1, -0.05) is 33.8 Å². The summed E-state index contributed by atoms with van der Waals surface area (Å²) in [6.45, 7) is 9.45. The highest BCUT2D eigenvalue weighted by atomic mass is 19.2. The number of benzene rings is 2. The van der Waals surface area contributed by atoms with Crippen LogP contribution in [0.25, 0.3) is 0 Å². The summed E-state index contributed by atoms with van der Waals surface area (Å²) in [4.78, 5) is 24.3. The fraction of sp³-hybridized carbons (Fsp3) is 0.391. The predicted molar refractivity (Wildman–Crippen MR) is 118 cm³/mol. The van der Waals surface area contributed by atoms with Crippen LogP contribution < -0.4 is 10.6 Å². The molecule has 1 saturated heterocycles. The Hall–Kier alpha value is -3.07. The molecule has 1 fully saturated rings. The highest BCUT2D eigenvalue weighted by molar-refractivity contribution is 6.01. The molecule has 9 heteroatoms. The molecule has 3 rings (SSSR count). The molecule has 0 aliphatic carbocycles. The second-order valence-electron chi connectivity index (χ2n) is 6.78. The van der Waals surface area contributed by atoms with E-state index < -0.39 is 34.6 Å². The number of anilines is 2. The van der Waals surface area contributed by atoms with Gasteiger partial charge in [0.2, 0.25) is 6.41 Å². The normalized spacial score (nSPS) is 13.5. The fourth-order valence-corrected chi connectivity index (χ4v) is 3.03. The number of aliphatic hydroxyl groups is 1. The van der Waals surface area contributed by atoms with Gasteiger partial charge in [-0.3, -0.25) is 9.59 Å². The summed E-state index contributed by atoms with van der Waals surface area (Å²) >= 11 is 0. The van der Waals surface area contributed by atoms with E-state index in [2.05, 4.69) is 10.6 Å². The van der Waals surface area contributed by atoms with Crippen LogP contribution in [0.15, 0.2) is 30.3 Å². The lowest BCUT2D eigenvalue weighted by Gasteiger charge is -2.46. The largest absolute Gasteiger partial charge is 0.384 e. The molecule has 6 nitrogen and oxygen atoms in total. The predicted octanol–water partition coefficient (Wildman–Crippen LogP) is 4.14. The van der Waals surface area contributed by atoms with Gasteiger partial charge in [0, 0.05) is 6.54 Å². The molecule has 32 heavy (non-hydrogen) atoms. The Bertz CT molecular complexity index is 932. The maximum Gasteiger partial charge on any atom is 0.256 e. The second-order valence-corrected chi connectivity index (χ2v) is 6.78. The zero-order valence-electron chi connectivity index (χ0n) is 18.9. The Balaban J connectivity index is 0.00000121. The number of nitrogens with zero attached hydrogens (tertiary/aromatic N) is 1. The van der Waals surface area contributed by atoms with Crippen LogP contribution in [0, 0.1) is 24.4 Å². The van der Waals surface area contributed by atoms with Gasteiger partial charge < -0.3 is 20.6 Å². The molecule has 0 bridgehead atoms. The van der Waals surface area contributed by atoms with E-state index in [0.717, 1.165) is 12.1 Å². The average molecular weight is 454 g/mol. The SMILES string of the molecule is CC.CC.Cc1ccc(Nc2c(C(=O)N3CC(O)(CNC=O)C3)ccc(F)c2F)c(F)c1. The molecule has 0 saturated carbocycles. The highest BCUT2D eigenvalue weighted by Gasteiger charge is 2.44. The van der Waals surface area contributed by atoms with E-state index in [1.54, 1.807) is 13.0 Å². The summed E-state index contributed by atoms with van der Waals surface area (Å²) in [5.41, 5.74) is -1.45. The van der Waals surface area contributed by atoms with Gasteiger partial charge in [0.25, 0.3) is 5.91 Å². The van der Waals surface area contributed by atoms with Crippen molar-refractivity contribution in [3.05, 3.63) is 58.9 Å². The molecule has 2 aromatic carbocycles. The first-order valence-corrected chi connectivity index (χ1v) is 10.4. The van der Waals surface area contributed by atoms with Crippen LogP contribution in [-0.4, -0.2) is 47.6 Å². The van der Waals surface area contributed by atoms with E-state index in [4.69, 9.17) is 0 Å². The van der Waals surface area contributed by atoms with Crippen LogP contribution in [0.5, 0.6) is 0 Å². The number of amides is 2. The van der Waals surface area contributed by atoms with Crippen LogP contribution in [0.1, 0.15) is 43.6 Å². The smallest absolute Gasteiger partial charge is 0.256 e. The van der Waals surface area contributed by atoms with Gasteiger partial charge in [-0.2, -0.15) is 0 Å². The molecule has 2 amide bonds. The topological polar surface area (TPSA) is 81.7 Å². The zero-order chi connectivity index (χ0) is 24.5.